The van der Waals surface area contributed by atoms with E-state index in [9.17, 15) is 9.59 Å². The maximum absolute atomic E-state index is 12.1. The average molecular weight is 316 g/mol. The van der Waals surface area contributed by atoms with Crippen molar-refractivity contribution < 1.29 is 14.3 Å². The van der Waals surface area contributed by atoms with Crippen LogP contribution in [0.25, 0.3) is 0 Å². The number of carbonyl (C=O) groups is 2. The van der Waals surface area contributed by atoms with Gasteiger partial charge in [-0.2, -0.15) is 5.10 Å². The van der Waals surface area contributed by atoms with Gasteiger partial charge in [-0.25, -0.2) is 0 Å². The lowest BCUT2D eigenvalue weighted by atomic mass is 10.2. The van der Waals surface area contributed by atoms with Crippen molar-refractivity contribution in [2.24, 2.45) is 0 Å². The molecule has 2 amide bonds. The number of benzene rings is 1. The van der Waals surface area contributed by atoms with E-state index in [1.807, 2.05) is 0 Å². The molecule has 2 aromatic rings. The number of nitrogens with one attached hydrogen (secondary N) is 1. The summed E-state index contributed by atoms with van der Waals surface area (Å²) in [5.74, 6) is 0.291. The molecule has 122 valence electrons. The molecule has 0 saturated carbocycles. The van der Waals surface area contributed by atoms with Crippen LogP contribution < -0.4 is 10.1 Å². The largest absolute Gasteiger partial charge is 0.484 e. The molecule has 0 radical (unpaired) electrons. The number of rotatable bonds is 6. The van der Waals surface area contributed by atoms with Gasteiger partial charge in [-0.05, 0) is 37.3 Å². The molecule has 0 aliphatic heterocycles. The van der Waals surface area contributed by atoms with Gasteiger partial charge in [0.25, 0.3) is 5.91 Å². The van der Waals surface area contributed by atoms with E-state index < -0.39 is 6.04 Å². The van der Waals surface area contributed by atoms with Crippen molar-refractivity contribution in [1.82, 2.24) is 14.7 Å². The van der Waals surface area contributed by atoms with Gasteiger partial charge >= 0.3 is 0 Å². The fourth-order valence-corrected chi connectivity index (χ4v) is 1.79. The standard InChI is InChI=1S/C16H20N4O3/c1-12(20-10-4-9-17-20)16(22)18-13-5-7-14(8-6-13)23-11-15(21)19(2)3/h4-10,12H,11H2,1-3H3,(H,18,22). The summed E-state index contributed by atoms with van der Waals surface area (Å²) in [5.41, 5.74) is 0.653. The molecule has 1 aromatic carbocycles. The summed E-state index contributed by atoms with van der Waals surface area (Å²) >= 11 is 0. The lowest BCUT2D eigenvalue weighted by Crippen LogP contribution is -2.27. The Morgan fingerprint density at radius 3 is 2.57 bits per heavy atom. The normalized spacial score (nSPS) is 11.6. The molecular weight excluding hydrogens is 296 g/mol. The quantitative estimate of drug-likeness (QED) is 0.877. The van der Waals surface area contributed by atoms with E-state index in [-0.39, 0.29) is 18.4 Å². The highest BCUT2D eigenvalue weighted by molar-refractivity contribution is 5.93. The molecule has 1 unspecified atom stereocenters. The lowest BCUT2D eigenvalue weighted by molar-refractivity contribution is -0.130. The summed E-state index contributed by atoms with van der Waals surface area (Å²) in [6, 6.07) is 8.23. The van der Waals surface area contributed by atoms with Gasteiger partial charge < -0.3 is 15.0 Å². The van der Waals surface area contributed by atoms with Gasteiger partial charge in [0.1, 0.15) is 11.8 Å². The smallest absolute Gasteiger partial charge is 0.259 e. The van der Waals surface area contributed by atoms with Crippen molar-refractivity contribution >= 4 is 17.5 Å². The fraction of sp³-hybridized carbons (Fsp3) is 0.312. The minimum atomic E-state index is -0.404. The molecule has 0 bridgehead atoms. The van der Waals surface area contributed by atoms with Crippen LogP contribution in [0.5, 0.6) is 5.75 Å². The van der Waals surface area contributed by atoms with Gasteiger partial charge in [0.05, 0.1) is 0 Å². The highest BCUT2D eigenvalue weighted by Gasteiger charge is 2.15. The van der Waals surface area contributed by atoms with Crippen LogP contribution in [-0.4, -0.2) is 47.2 Å². The molecule has 2 rings (SSSR count). The van der Waals surface area contributed by atoms with Gasteiger partial charge in [-0.15, -0.1) is 0 Å². The van der Waals surface area contributed by atoms with E-state index in [1.54, 1.807) is 68.4 Å². The molecular formula is C16H20N4O3. The van der Waals surface area contributed by atoms with Crippen LogP contribution >= 0.6 is 0 Å². The zero-order chi connectivity index (χ0) is 16.8. The van der Waals surface area contributed by atoms with Crippen molar-refractivity contribution in [3.05, 3.63) is 42.7 Å². The van der Waals surface area contributed by atoms with Crippen molar-refractivity contribution in [1.29, 1.82) is 0 Å². The Morgan fingerprint density at radius 2 is 2.00 bits per heavy atom. The van der Waals surface area contributed by atoms with E-state index in [1.165, 1.54) is 4.90 Å². The Morgan fingerprint density at radius 1 is 1.30 bits per heavy atom. The molecule has 23 heavy (non-hydrogen) atoms. The summed E-state index contributed by atoms with van der Waals surface area (Å²) in [4.78, 5) is 25.0. The van der Waals surface area contributed by atoms with Crippen LogP contribution in [0, 0.1) is 0 Å². The number of hydrogen-bond acceptors (Lipinski definition) is 4. The summed E-state index contributed by atoms with van der Waals surface area (Å²) < 4.78 is 6.96. The monoisotopic (exact) mass is 316 g/mol. The van der Waals surface area contributed by atoms with E-state index in [0.717, 1.165) is 0 Å². The maximum atomic E-state index is 12.1. The molecule has 0 spiro atoms. The molecule has 7 nitrogen and oxygen atoms in total. The van der Waals surface area contributed by atoms with Gasteiger partial charge in [-0.3, -0.25) is 14.3 Å². The molecule has 1 N–H and O–H groups in total. The van der Waals surface area contributed by atoms with Crippen molar-refractivity contribution in [2.75, 3.05) is 26.0 Å². The van der Waals surface area contributed by atoms with Crippen LogP contribution in [0.15, 0.2) is 42.7 Å². The van der Waals surface area contributed by atoms with Gasteiger partial charge in [0.2, 0.25) is 5.91 Å². The molecule has 7 heteroatoms. The first kappa shape index (κ1) is 16.5. The van der Waals surface area contributed by atoms with E-state index >= 15 is 0 Å². The first-order valence-electron chi connectivity index (χ1n) is 7.20. The number of nitrogens with zero attached hydrogens (tertiary/aromatic N) is 3. The zero-order valence-electron chi connectivity index (χ0n) is 13.4. The number of ether oxygens (including phenoxy) is 1. The lowest BCUT2D eigenvalue weighted by Gasteiger charge is -2.13. The van der Waals surface area contributed by atoms with E-state index in [0.29, 0.717) is 11.4 Å². The third-order valence-electron chi connectivity index (χ3n) is 3.28. The molecule has 0 fully saturated rings. The molecule has 1 aromatic heterocycles. The second-order valence-corrected chi connectivity index (χ2v) is 5.25. The molecule has 0 saturated heterocycles. The first-order chi connectivity index (χ1) is 11.0. The Kier molecular flexibility index (Phi) is 5.35. The predicted octanol–water partition coefficient (Wildman–Crippen LogP) is 1.55. The SMILES string of the molecule is CC(C(=O)Nc1ccc(OCC(=O)N(C)C)cc1)n1cccn1. The third kappa shape index (κ3) is 4.57. The Balaban J connectivity index is 1.89. The highest BCUT2D eigenvalue weighted by Crippen LogP contribution is 2.17. The Bertz CT molecular complexity index is 650. The minimum absolute atomic E-state index is 0.0188. The molecule has 0 aliphatic rings. The fourth-order valence-electron chi connectivity index (χ4n) is 1.79. The van der Waals surface area contributed by atoms with Crippen LogP contribution in [0.3, 0.4) is 0 Å². The number of anilines is 1. The number of aromatic nitrogens is 2. The maximum Gasteiger partial charge on any atom is 0.259 e. The van der Waals surface area contributed by atoms with E-state index in [4.69, 9.17) is 4.74 Å². The zero-order valence-corrected chi connectivity index (χ0v) is 13.4. The number of hydrogen-bond donors (Lipinski definition) is 1. The van der Waals surface area contributed by atoms with Crippen LogP contribution in [0.1, 0.15) is 13.0 Å². The molecule has 1 heterocycles. The van der Waals surface area contributed by atoms with Gasteiger partial charge in [0.15, 0.2) is 6.61 Å². The highest BCUT2D eigenvalue weighted by atomic mass is 16.5. The third-order valence-corrected chi connectivity index (χ3v) is 3.28. The predicted molar refractivity (Wildman–Crippen MR) is 86.2 cm³/mol. The first-order valence-corrected chi connectivity index (χ1v) is 7.20. The van der Waals surface area contributed by atoms with Crippen molar-refractivity contribution in [3.63, 3.8) is 0 Å². The Hall–Kier alpha value is -2.83. The van der Waals surface area contributed by atoms with Crippen LogP contribution in [0.2, 0.25) is 0 Å². The van der Waals surface area contributed by atoms with Crippen molar-refractivity contribution in [3.8, 4) is 5.75 Å². The second-order valence-electron chi connectivity index (χ2n) is 5.25. The molecule has 1 atom stereocenters. The summed E-state index contributed by atoms with van der Waals surface area (Å²) in [6.45, 7) is 1.75. The topological polar surface area (TPSA) is 76.5 Å². The van der Waals surface area contributed by atoms with Crippen molar-refractivity contribution in [2.45, 2.75) is 13.0 Å². The summed E-state index contributed by atoms with van der Waals surface area (Å²) in [7, 11) is 3.34. The summed E-state index contributed by atoms with van der Waals surface area (Å²) in [5, 5.41) is 6.86. The van der Waals surface area contributed by atoms with Gasteiger partial charge in [-0.1, -0.05) is 0 Å². The van der Waals surface area contributed by atoms with Crippen LogP contribution in [-0.2, 0) is 9.59 Å². The second kappa shape index (κ2) is 7.44. The minimum Gasteiger partial charge on any atom is -0.484 e. The number of amides is 2. The molecule has 0 aliphatic carbocycles. The number of likely N-dealkylation sites (N-methyl/N-ethyl adjacent to an activating group) is 1. The number of carbonyl (C=O) groups excluding carboxylic acids is 2. The van der Waals surface area contributed by atoms with Gasteiger partial charge in [0, 0.05) is 32.2 Å². The Labute approximate surface area is 134 Å². The van der Waals surface area contributed by atoms with Crippen LogP contribution in [0.4, 0.5) is 5.69 Å². The summed E-state index contributed by atoms with van der Waals surface area (Å²) in [6.07, 6.45) is 3.37. The average Bonchev–Trinajstić information content (AvgIpc) is 3.07. The van der Waals surface area contributed by atoms with E-state index in [2.05, 4.69) is 10.4 Å².